The molecule has 5 rings (SSSR count). The zero-order valence-corrected chi connectivity index (χ0v) is 16.7. The van der Waals surface area contributed by atoms with Crippen molar-refractivity contribution in [1.29, 1.82) is 0 Å². The maximum atomic E-state index is 13.4. The normalized spacial score (nSPS) is 15.2. The fourth-order valence-electron chi connectivity index (χ4n) is 3.50. The van der Waals surface area contributed by atoms with Crippen LogP contribution in [0.2, 0.25) is 0 Å². The number of alkyl halides is 2. The monoisotopic (exact) mass is 431 g/mol. The zero-order valence-electron chi connectivity index (χ0n) is 15.9. The lowest BCUT2D eigenvalue weighted by molar-refractivity contribution is -0.286. The Bertz CT molecular complexity index is 1450. The Hall–Kier alpha value is -3.27. The van der Waals surface area contributed by atoms with Crippen LogP contribution < -0.4 is 9.47 Å². The number of benzene rings is 2. The number of ether oxygens (including phenoxy) is 2. The summed E-state index contributed by atoms with van der Waals surface area (Å²) in [4.78, 5) is 9.12. The maximum absolute atomic E-state index is 13.4. The molecule has 0 spiro atoms. The summed E-state index contributed by atoms with van der Waals surface area (Å²) < 4.78 is 62.9. The highest BCUT2D eigenvalue weighted by molar-refractivity contribution is 7.91. The van der Waals surface area contributed by atoms with E-state index in [0.717, 1.165) is 0 Å². The molecule has 0 bridgehead atoms. The van der Waals surface area contributed by atoms with Crippen LogP contribution in [0.5, 0.6) is 11.5 Å². The smallest absolute Gasteiger partial charge is 0.395 e. The predicted molar refractivity (Wildman–Crippen MR) is 105 cm³/mol. The van der Waals surface area contributed by atoms with Crippen molar-refractivity contribution < 1.29 is 26.7 Å². The third kappa shape index (κ3) is 2.78. The first-order valence-electron chi connectivity index (χ1n) is 9.08. The van der Waals surface area contributed by atoms with Gasteiger partial charge in [-0.1, -0.05) is 25.1 Å². The Labute approximate surface area is 169 Å². The van der Waals surface area contributed by atoms with Crippen molar-refractivity contribution in [2.24, 2.45) is 7.05 Å². The summed E-state index contributed by atoms with van der Waals surface area (Å²) in [6.45, 7) is 1.56. The fraction of sp³-hybridized carbons (Fsp3) is 0.200. The second kappa shape index (κ2) is 6.11. The van der Waals surface area contributed by atoms with Gasteiger partial charge in [-0.15, -0.1) is 8.78 Å². The van der Waals surface area contributed by atoms with Gasteiger partial charge in [0.15, 0.2) is 27.2 Å². The molecule has 0 amide bonds. The summed E-state index contributed by atoms with van der Waals surface area (Å²) in [5.74, 6) is -0.0622. The molecule has 0 unspecified atom stereocenters. The van der Waals surface area contributed by atoms with Crippen LogP contribution in [-0.2, 0) is 16.9 Å². The molecule has 0 fully saturated rings. The van der Waals surface area contributed by atoms with E-state index in [1.165, 1.54) is 12.1 Å². The number of imidazole rings is 1. The van der Waals surface area contributed by atoms with Crippen LogP contribution in [0.3, 0.4) is 0 Å². The van der Waals surface area contributed by atoms with Gasteiger partial charge in [-0.05, 0) is 12.1 Å². The molecule has 0 saturated heterocycles. The van der Waals surface area contributed by atoms with Crippen LogP contribution in [0.4, 0.5) is 8.78 Å². The summed E-state index contributed by atoms with van der Waals surface area (Å²) >= 11 is 0. The zero-order chi connectivity index (χ0) is 21.3. The fourth-order valence-corrected chi connectivity index (χ4v) is 4.55. The summed E-state index contributed by atoms with van der Waals surface area (Å²) in [5, 5.41) is 0.690. The molecule has 3 heterocycles. The highest BCUT2D eigenvalue weighted by Crippen LogP contribution is 2.44. The Morgan fingerprint density at radius 3 is 2.47 bits per heavy atom. The average Bonchev–Trinajstić information content (AvgIpc) is 3.19. The van der Waals surface area contributed by atoms with E-state index in [9.17, 15) is 17.2 Å². The standard InChI is InChI=1S/C20H15F2N3O4S/c1-3-30(26,27)17-8-11-6-4-5-7-12(11)23-18(17)19-24-13-9-15-16(10-14(13)25(19)2)29-20(21,22)28-15/h4-10H,3H2,1-2H3. The van der Waals surface area contributed by atoms with Crippen LogP contribution in [-0.4, -0.2) is 35.0 Å². The molecule has 1 aliphatic heterocycles. The third-order valence-corrected chi connectivity index (χ3v) is 6.76. The number of para-hydroxylation sites is 1. The van der Waals surface area contributed by atoms with E-state index in [4.69, 9.17) is 0 Å². The Kier molecular flexibility index (Phi) is 3.82. The first-order valence-corrected chi connectivity index (χ1v) is 10.7. The van der Waals surface area contributed by atoms with Crippen LogP contribution in [0, 0.1) is 0 Å². The van der Waals surface area contributed by atoms with Gasteiger partial charge in [0.2, 0.25) is 0 Å². The molecule has 0 atom stereocenters. The van der Waals surface area contributed by atoms with Crippen LogP contribution in [0.1, 0.15) is 6.92 Å². The molecule has 30 heavy (non-hydrogen) atoms. The van der Waals surface area contributed by atoms with Gasteiger partial charge in [-0.25, -0.2) is 18.4 Å². The van der Waals surface area contributed by atoms with Gasteiger partial charge in [-0.3, -0.25) is 0 Å². The van der Waals surface area contributed by atoms with E-state index in [0.29, 0.717) is 27.8 Å². The number of pyridine rings is 1. The summed E-state index contributed by atoms with van der Waals surface area (Å²) in [7, 11) is -1.96. The second-order valence-electron chi connectivity index (χ2n) is 6.88. The van der Waals surface area contributed by atoms with Crippen molar-refractivity contribution in [3.05, 3.63) is 42.5 Å². The van der Waals surface area contributed by atoms with E-state index in [-0.39, 0.29) is 27.8 Å². The van der Waals surface area contributed by atoms with E-state index >= 15 is 0 Å². The molecule has 10 heteroatoms. The van der Waals surface area contributed by atoms with Gasteiger partial charge >= 0.3 is 6.29 Å². The summed E-state index contributed by atoms with van der Waals surface area (Å²) in [6, 6.07) is 11.5. The number of rotatable bonds is 3. The second-order valence-corrected chi connectivity index (χ2v) is 9.13. The van der Waals surface area contributed by atoms with Crippen LogP contribution in [0.15, 0.2) is 47.4 Å². The van der Waals surface area contributed by atoms with Gasteiger partial charge in [0.25, 0.3) is 0 Å². The van der Waals surface area contributed by atoms with E-state index in [1.54, 1.807) is 48.9 Å². The quantitative estimate of drug-likeness (QED) is 0.489. The maximum Gasteiger partial charge on any atom is 0.586 e. The molecule has 2 aromatic heterocycles. The van der Waals surface area contributed by atoms with Gasteiger partial charge in [0.1, 0.15) is 5.69 Å². The number of hydrogen-bond donors (Lipinski definition) is 0. The lowest BCUT2D eigenvalue weighted by Crippen LogP contribution is -2.25. The van der Waals surface area contributed by atoms with Crippen molar-refractivity contribution in [2.45, 2.75) is 18.1 Å². The van der Waals surface area contributed by atoms with Crippen LogP contribution >= 0.6 is 0 Å². The molecule has 4 aromatic rings. The molecular formula is C20H15F2N3O4S. The van der Waals surface area contributed by atoms with E-state index in [1.807, 2.05) is 0 Å². The predicted octanol–water partition coefficient (Wildman–Crippen LogP) is 3.90. The molecule has 0 radical (unpaired) electrons. The topological polar surface area (TPSA) is 83.3 Å². The number of hydrogen-bond acceptors (Lipinski definition) is 6. The van der Waals surface area contributed by atoms with Gasteiger partial charge < -0.3 is 14.0 Å². The lowest BCUT2D eigenvalue weighted by atomic mass is 10.2. The number of halogens is 2. The first kappa shape index (κ1) is 18.7. The number of nitrogens with zero attached hydrogens (tertiary/aromatic N) is 3. The molecule has 154 valence electrons. The minimum absolute atomic E-state index is 0.0636. The van der Waals surface area contributed by atoms with Gasteiger partial charge in [0.05, 0.1) is 27.2 Å². The Morgan fingerprint density at radius 2 is 1.73 bits per heavy atom. The Balaban J connectivity index is 1.78. The minimum atomic E-state index is -3.73. The third-order valence-electron chi connectivity index (χ3n) is 5.02. The van der Waals surface area contributed by atoms with Crippen molar-refractivity contribution in [1.82, 2.24) is 14.5 Å². The van der Waals surface area contributed by atoms with Crippen LogP contribution in [0.25, 0.3) is 33.5 Å². The highest BCUT2D eigenvalue weighted by Gasteiger charge is 2.44. The van der Waals surface area contributed by atoms with Crippen molar-refractivity contribution in [3.63, 3.8) is 0 Å². The van der Waals surface area contributed by atoms with Gasteiger partial charge in [0, 0.05) is 24.6 Å². The first-order chi connectivity index (χ1) is 14.2. The largest absolute Gasteiger partial charge is 0.586 e. The molecular weight excluding hydrogens is 416 g/mol. The van der Waals surface area contributed by atoms with E-state index < -0.39 is 16.1 Å². The Morgan fingerprint density at radius 1 is 1.03 bits per heavy atom. The molecule has 7 nitrogen and oxygen atoms in total. The number of aromatic nitrogens is 3. The number of fused-ring (bicyclic) bond motifs is 3. The minimum Gasteiger partial charge on any atom is -0.395 e. The molecule has 0 aliphatic carbocycles. The van der Waals surface area contributed by atoms with Crippen molar-refractivity contribution in [3.8, 4) is 23.0 Å². The molecule has 2 aromatic carbocycles. The number of aryl methyl sites for hydroxylation is 1. The lowest BCUT2D eigenvalue weighted by Gasteiger charge is -2.11. The highest BCUT2D eigenvalue weighted by atomic mass is 32.2. The summed E-state index contributed by atoms with van der Waals surface area (Å²) in [5.41, 5.74) is 1.63. The van der Waals surface area contributed by atoms with Gasteiger partial charge in [-0.2, -0.15) is 0 Å². The SMILES string of the molecule is CCS(=O)(=O)c1cc2ccccc2nc1-c1nc2cc3c(cc2n1C)OC(F)(F)O3. The van der Waals surface area contributed by atoms with Crippen molar-refractivity contribution in [2.75, 3.05) is 5.75 Å². The summed E-state index contributed by atoms with van der Waals surface area (Å²) in [6.07, 6.45) is -3.73. The number of sulfone groups is 1. The van der Waals surface area contributed by atoms with Crippen molar-refractivity contribution >= 4 is 31.8 Å². The van der Waals surface area contributed by atoms with E-state index in [2.05, 4.69) is 19.4 Å². The average molecular weight is 431 g/mol. The molecule has 0 saturated carbocycles. The molecule has 1 aliphatic rings. The molecule has 0 N–H and O–H groups in total.